The van der Waals surface area contributed by atoms with Gasteiger partial charge in [-0.3, -0.25) is 4.79 Å². The summed E-state index contributed by atoms with van der Waals surface area (Å²) < 4.78 is 6.96. The maximum absolute atomic E-state index is 10.6. The Kier molecular flexibility index (Phi) is 7.29. The van der Waals surface area contributed by atoms with Crippen LogP contribution in [-0.2, 0) is 4.79 Å². The molecule has 2 heterocycles. The molecule has 1 aliphatic heterocycles. The molecule has 12 heteroatoms. The van der Waals surface area contributed by atoms with E-state index in [0.717, 1.165) is 35.5 Å². The number of aromatic nitrogens is 2. The van der Waals surface area contributed by atoms with Gasteiger partial charge in [-0.25, -0.2) is 20.9 Å². The third-order valence-corrected chi connectivity index (χ3v) is 5.18. The molecule has 3 rings (SSSR count). The number of rotatable bonds is 7. The molecule has 0 radical (unpaired) electrons. The van der Waals surface area contributed by atoms with Crippen molar-refractivity contribution < 1.29 is 14.6 Å². The highest BCUT2D eigenvalue weighted by Gasteiger charge is 2.23. The van der Waals surface area contributed by atoms with Crippen LogP contribution < -0.4 is 21.2 Å². The predicted octanol–water partition coefficient (Wildman–Crippen LogP) is 1.82. The van der Waals surface area contributed by atoms with Crippen LogP contribution in [0.4, 0.5) is 5.95 Å². The van der Waals surface area contributed by atoms with Crippen LogP contribution in [0.15, 0.2) is 40.2 Å². The fourth-order valence-corrected chi connectivity index (χ4v) is 3.41. The number of benzene rings is 1. The number of piperidine rings is 1. The maximum Gasteiger partial charge on any atom is 0.326 e. The van der Waals surface area contributed by atoms with Gasteiger partial charge in [0.1, 0.15) is 11.9 Å². The molecule has 0 bridgehead atoms. The summed E-state index contributed by atoms with van der Waals surface area (Å²) in [5.41, 5.74) is 6.27. The number of ether oxygens (including phenoxy) is 1. The van der Waals surface area contributed by atoms with Crippen molar-refractivity contribution in [3.8, 4) is 5.75 Å². The molecule has 0 atom stereocenters. The zero-order valence-electron chi connectivity index (χ0n) is 15.9. The number of hydrazine groups is 1. The number of carbonyl (C=O) groups is 1. The van der Waals surface area contributed by atoms with Crippen LogP contribution in [0.1, 0.15) is 18.4 Å². The highest BCUT2D eigenvalue weighted by atomic mass is 79.9. The lowest BCUT2D eigenvalue weighted by molar-refractivity contribution is -0.138. The van der Waals surface area contributed by atoms with E-state index in [9.17, 15) is 4.79 Å². The van der Waals surface area contributed by atoms with Crippen molar-refractivity contribution >= 4 is 45.3 Å². The van der Waals surface area contributed by atoms with Gasteiger partial charge in [0.25, 0.3) is 0 Å². The topological polar surface area (TPSA) is 143 Å². The summed E-state index contributed by atoms with van der Waals surface area (Å²) in [6, 6.07) is 5.53. The minimum atomic E-state index is -1.12. The minimum Gasteiger partial charge on any atom is -0.489 e. The van der Waals surface area contributed by atoms with Gasteiger partial charge < -0.3 is 20.5 Å². The van der Waals surface area contributed by atoms with Crippen molar-refractivity contribution in [3.05, 3.63) is 45.7 Å². The predicted molar refractivity (Wildman–Crippen MR) is 116 cm³/mol. The van der Waals surface area contributed by atoms with Crippen molar-refractivity contribution in [2.45, 2.75) is 18.9 Å². The Morgan fingerprint density at radius 1 is 1.37 bits per heavy atom. The third kappa shape index (κ3) is 5.94. The van der Waals surface area contributed by atoms with E-state index in [1.54, 1.807) is 6.07 Å². The second kappa shape index (κ2) is 9.92. The monoisotopic (exact) mass is 497 g/mol. The summed E-state index contributed by atoms with van der Waals surface area (Å²) in [5, 5.41) is 13.8. The van der Waals surface area contributed by atoms with E-state index >= 15 is 0 Å². The third-order valence-electron chi connectivity index (χ3n) is 4.38. The van der Waals surface area contributed by atoms with Gasteiger partial charge in [0.15, 0.2) is 12.4 Å². The van der Waals surface area contributed by atoms with Crippen LogP contribution in [-0.4, -0.2) is 57.7 Å². The molecule has 0 unspecified atom stereocenters. The number of hydrogen-bond acceptors (Lipinski definition) is 8. The molecule has 2 aromatic rings. The number of nitrogens with zero attached hydrogens (tertiary/aromatic N) is 5. The summed E-state index contributed by atoms with van der Waals surface area (Å²) >= 11 is 9.62. The van der Waals surface area contributed by atoms with Crippen molar-refractivity contribution in [1.29, 1.82) is 0 Å². The van der Waals surface area contributed by atoms with Crippen LogP contribution >= 0.6 is 27.5 Å². The van der Waals surface area contributed by atoms with Crippen LogP contribution in [0.2, 0.25) is 5.02 Å². The van der Waals surface area contributed by atoms with E-state index < -0.39 is 12.5 Å². The van der Waals surface area contributed by atoms with Crippen LogP contribution in [0.25, 0.3) is 0 Å². The van der Waals surface area contributed by atoms with Crippen molar-refractivity contribution in [3.63, 3.8) is 0 Å². The quantitative estimate of drug-likeness (QED) is 0.225. The van der Waals surface area contributed by atoms with Gasteiger partial charge in [-0.2, -0.15) is 0 Å². The molecule has 0 aliphatic carbocycles. The standard InChI is InChI=1S/C18H21BrClN7O3/c19-12-1-2-14(20)15(7-12)30-13-3-5-26(6-4-13)18-23-8-11(9-24-18)17(21)25-27(22)10-16(28)29/h1-2,7-9,13H,3-6,10,22H2,(H2,21,25)(H,28,29). The van der Waals surface area contributed by atoms with Crippen LogP contribution in [0, 0.1) is 0 Å². The Morgan fingerprint density at radius 2 is 2.03 bits per heavy atom. The fraction of sp³-hybridized carbons (Fsp3) is 0.333. The molecule has 0 saturated carbocycles. The van der Waals surface area contributed by atoms with E-state index in [2.05, 4.69) is 35.9 Å². The molecule has 0 amide bonds. The first kappa shape index (κ1) is 22.1. The van der Waals surface area contributed by atoms with E-state index in [-0.39, 0.29) is 11.9 Å². The molecule has 5 N–H and O–H groups in total. The highest BCUT2D eigenvalue weighted by molar-refractivity contribution is 9.10. The van der Waals surface area contributed by atoms with Crippen LogP contribution in [0.3, 0.4) is 0 Å². The zero-order chi connectivity index (χ0) is 21.7. The van der Waals surface area contributed by atoms with Crippen LogP contribution in [0.5, 0.6) is 5.75 Å². The molecule has 1 saturated heterocycles. The number of amidine groups is 1. The van der Waals surface area contributed by atoms with Gasteiger partial charge in [-0.15, -0.1) is 5.10 Å². The number of carboxylic acids is 1. The summed E-state index contributed by atoms with van der Waals surface area (Å²) in [6.45, 7) is 0.991. The second-order valence-corrected chi connectivity index (χ2v) is 7.95. The molecule has 30 heavy (non-hydrogen) atoms. The Hall–Kier alpha value is -2.63. The molecule has 1 aromatic carbocycles. The first-order chi connectivity index (χ1) is 14.3. The molecular formula is C18H21BrClN7O3. The first-order valence-electron chi connectivity index (χ1n) is 9.09. The smallest absolute Gasteiger partial charge is 0.326 e. The lowest BCUT2D eigenvalue weighted by atomic mass is 10.1. The molecule has 160 valence electrons. The van der Waals surface area contributed by atoms with Gasteiger partial charge in [0.05, 0.1) is 10.6 Å². The van der Waals surface area contributed by atoms with Gasteiger partial charge >= 0.3 is 5.97 Å². The van der Waals surface area contributed by atoms with Gasteiger partial charge in [-0.05, 0) is 18.2 Å². The minimum absolute atomic E-state index is 0.0308. The SMILES string of the molecule is N/C(=N\N(N)CC(=O)O)c1cnc(N2CCC(Oc3cc(Br)ccc3Cl)CC2)nc1. The lowest BCUT2D eigenvalue weighted by Crippen LogP contribution is -2.39. The average Bonchev–Trinajstić information content (AvgIpc) is 2.71. The Labute approximate surface area is 186 Å². The van der Waals surface area contributed by atoms with E-state index in [4.69, 9.17) is 33.0 Å². The van der Waals surface area contributed by atoms with Gasteiger partial charge in [-0.1, -0.05) is 27.5 Å². The average molecular weight is 499 g/mol. The zero-order valence-corrected chi connectivity index (χ0v) is 18.3. The number of carboxylic acid groups (broad SMARTS) is 1. The van der Waals surface area contributed by atoms with Crippen molar-refractivity contribution in [2.24, 2.45) is 16.7 Å². The Balaban J connectivity index is 1.56. The number of anilines is 1. The van der Waals surface area contributed by atoms with Crippen molar-refractivity contribution in [2.75, 3.05) is 24.5 Å². The highest BCUT2D eigenvalue weighted by Crippen LogP contribution is 2.30. The molecule has 10 nitrogen and oxygen atoms in total. The molecular weight excluding hydrogens is 478 g/mol. The molecule has 1 fully saturated rings. The van der Waals surface area contributed by atoms with E-state index in [1.807, 2.05) is 12.1 Å². The molecule has 1 aromatic heterocycles. The summed E-state index contributed by atoms with van der Waals surface area (Å²) in [4.78, 5) is 21.4. The summed E-state index contributed by atoms with van der Waals surface area (Å²) in [5.74, 6) is 5.61. The Bertz CT molecular complexity index is 920. The number of nitrogens with two attached hydrogens (primary N) is 2. The lowest BCUT2D eigenvalue weighted by Gasteiger charge is -2.32. The summed E-state index contributed by atoms with van der Waals surface area (Å²) in [7, 11) is 0. The number of halogens is 2. The fourth-order valence-electron chi connectivity index (χ4n) is 2.91. The van der Waals surface area contributed by atoms with Gasteiger partial charge in [0.2, 0.25) is 5.95 Å². The Morgan fingerprint density at radius 3 is 2.67 bits per heavy atom. The molecule has 0 spiro atoms. The number of aliphatic carboxylic acids is 1. The normalized spacial score (nSPS) is 15.2. The second-order valence-electron chi connectivity index (χ2n) is 6.63. The number of hydrogen-bond donors (Lipinski definition) is 3. The largest absolute Gasteiger partial charge is 0.489 e. The first-order valence-corrected chi connectivity index (χ1v) is 10.3. The number of hydrazone groups is 1. The van der Waals surface area contributed by atoms with Crippen molar-refractivity contribution in [1.82, 2.24) is 15.1 Å². The van der Waals surface area contributed by atoms with E-state index in [1.165, 1.54) is 12.4 Å². The van der Waals surface area contributed by atoms with Gasteiger partial charge in [0, 0.05) is 42.8 Å². The molecule has 1 aliphatic rings. The maximum atomic E-state index is 10.6. The summed E-state index contributed by atoms with van der Waals surface area (Å²) in [6.07, 6.45) is 4.71. The van der Waals surface area contributed by atoms with E-state index in [0.29, 0.717) is 22.3 Å².